The van der Waals surface area contributed by atoms with E-state index < -0.39 is 9.84 Å². The summed E-state index contributed by atoms with van der Waals surface area (Å²) < 4.78 is 24.4. The molecule has 0 amide bonds. The van der Waals surface area contributed by atoms with Crippen molar-refractivity contribution in [3.05, 3.63) is 29.3 Å². The summed E-state index contributed by atoms with van der Waals surface area (Å²) >= 11 is 0. The van der Waals surface area contributed by atoms with Gasteiger partial charge in [0.15, 0.2) is 9.84 Å². The first kappa shape index (κ1) is 14.2. The van der Waals surface area contributed by atoms with E-state index in [-0.39, 0.29) is 11.8 Å². The number of sulfone groups is 1. The molecule has 17 heavy (non-hydrogen) atoms. The van der Waals surface area contributed by atoms with E-state index in [0.717, 1.165) is 17.5 Å². The zero-order valence-corrected chi connectivity index (χ0v) is 11.8. The van der Waals surface area contributed by atoms with Gasteiger partial charge in [-0.2, -0.15) is 0 Å². The normalized spacial score (nSPS) is 13.6. The molecule has 4 heteroatoms. The van der Waals surface area contributed by atoms with Gasteiger partial charge in [-0.3, -0.25) is 0 Å². The third-order valence-electron chi connectivity index (χ3n) is 3.16. The standard InChI is InChI=1S/C13H21NO2S/c1-5-12(14-4)9-17(15,16)13-7-6-10(2)11(3)8-13/h6-8,12,14H,5,9H2,1-4H3. The molecule has 0 fully saturated rings. The Balaban J connectivity index is 3.01. The Morgan fingerprint density at radius 2 is 1.88 bits per heavy atom. The molecule has 0 aliphatic carbocycles. The lowest BCUT2D eigenvalue weighted by molar-refractivity contribution is 0.556. The molecule has 1 N–H and O–H groups in total. The van der Waals surface area contributed by atoms with E-state index in [1.165, 1.54) is 0 Å². The minimum absolute atomic E-state index is 0.0154. The SMILES string of the molecule is CCC(CS(=O)(=O)c1ccc(C)c(C)c1)NC. The van der Waals surface area contributed by atoms with E-state index in [2.05, 4.69) is 5.32 Å². The number of rotatable bonds is 5. The van der Waals surface area contributed by atoms with Crippen LogP contribution in [0.4, 0.5) is 0 Å². The highest BCUT2D eigenvalue weighted by Gasteiger charge is 2.19. The minimum Gasteiger partial charge on any atom is -0.316 e. The molecule has 1 rings (SSSR count). The molecule has 0 aromatic heterocycles. The second kappa shape index (κ2) is 5.65. The van der Waals surface area contributed by atoms with Crippen molar-refractivity contribution in [1.82, 2.24) is 5.32 Å². The Bertz CT molecular complexity index is 476. The van der Waals surface area contributed by atoms with Crippen LogP contribution in [0.5, 0.6) is 0 Å². The Morgan fingerprint density at radius 1 is 1.24 bits per heavy atom. The van der Waals surface area contributed by atoms with Crippen LogP contribution in [-0.2, 0) is 9.84 Å². The third kappa shape index (κ3) is 3.54. The van der Waals surface area contributed by atoms with Gasteiger partial charge in [0.05, 0.1) is 10.6 Å². The van der Waals surface area contributed by atoms with Crippen LogP contribution in [0.25, 0.3) is 0 Å². The molecule has 0 heterocycles. The van der Waals surface area contributed by atoms with Crippen molar-refractivity contribution in [2.45, 2.75) is 38.1 Å². The van der Waals surface area contributed by atoms with Crippen molar-refractivity contribution in [3.63, 3.8) is 0 Å². The van der Waals surface area contributed by atoms with Crippen molar-refractivity contribution < 1.29 is 8.42 Å². The lowest BCUT2D eigenvalue weighted by Gasteiger charge is -2.14. The lowest BCUT2D eigenvalue weighted by Crippen LogP contribution is -2.32. The smallest absolute Gasteiger partial charge is 0.179 e. The van der Waals surface area contributed by atoms with Crippen molar-refractivity contribution in [2.24, 2.45) is 0 Å². The third-order valence-corrected chi connectivity index (χ3v) is 4.97. The van der Waals surface area contributed by atoms with E-state index in [0.29, 0.717) is 4.90 Å². The van der Waals surface area contributed by atoms with Crippen LogP contribution < -0.4 is 5.32 Å². The molecular formula is C13H21NO2S. The van der Waals surface area contributed by atoms with Gasteiger partial charge in [-0.15, -0.1) is 0 Å². The summed E-state index contributed by atoms with van der Waals surface area (Å²) in [5.41, 5.74) is 2.13. The topological polar surface area (TPSA) is 46.2 Å². The summed E-state index contributed by atoms with van der Waals surface area (Å²) in [7, 11) is -1.39. The fourth-order valence-electron chi connectivity index (χ4n) is 1.67. The van der Waals surface area contributed by atoms with Crippen LogP contribution in [0.2, 0.25) is 0 Å². The van der Waals surface area contributed by atoms with E-state index >= 15 is 0 Å². The molecule has 0 aliphatic heterocycles. The summed E-state index contributed by atoms with van der Waals surface area (Å²) in [4.78, 5) is 0.425. The zero-order valence-electron chi connectivity index (χ0n) is 10.9. The summed E-state index contributed by atoms with van der Waals surface area (Å²) in [6.45, 7) is 5.90. The van der Waals surface area contributed by atoms with Gasteiger partial charge in [-0.05, 0) is 50.6 Å². The Labute approximate surface area is 104 Å². The molecule has 1 atom stereocenters. The van der Waals surface area contributed by atoms with Gasteiger partial charge >= 0.3 is 0 Å². The largest absolute Gasteiger partial charge is 0.316 e. The molecule has 96 valence electrons. The molecular weight excluding hydrogens is 234 g/mol. The van der Waals surface area contributed by atoms with E-state index in [1.807, 2.05) is 26.8 Å². The molecule has 0 saturated carbocycles. The molecule has 0 radical (unpaired) electrons. The first-order chi connectivity index (χ1) is 7.90. The predicted molar refractivity (Wildman–Crippen MR) is 71.1 cm³/mol. The van der Waals surface area contributed by atoms with Gasteiger partial charge in [0.2, 0.25) is 0 Å². The monoisotopic (exact) mass is 255 g/mol. The van der Waals surface area contributed by atoms with Gasteiger partial charge in [-0.1, -0.05) is 13.0 Å². The van der Waals surface area contributed by atoms with E-state index in [1.54, 1.807) is 19.2 Å². The van der Waals surface area contributed by atoms with Gasteiger partial charge in [0, 0.05) is 6.04 Å². The van der Waals surface area contributed by atoms with Gasteiger partial charge in [0.1, 0.15) is 0 Å². The number of nitrogens with one attached hydrogen (secondary N) is 1. The maximum absolute atomic E-state index is 12.2. The first-order valence-electron chi connectivity index (χ1n) is 5.88. The van der Waals surface area contributed by atoms with Gasteiger partial charge < -0.3 is 5.32 Å². The summed E-state index contributed by atoms with van der Waals surface area (Å²) in [5, 5.41) is 3.02. The minimum atomic E-state index is -3.19. The number of aryl methyl sites for hydroxylation is 2. The summed E-state index contributed by atoms with van der Waals surface area (Å²) in [6.07, 6.45) is 0.806. The average molecular weight is 255 g/mol. The van der Waals surface area contributed by atoms with Crippen LogP contribution in [0, 0.1) is 13.8 Å². The van der Waals surface area contributed by atoms with Crippen LogP contribution in [0.3, 0.4) is 0 Å². The number of hydrogen-bond acceptors (Lipinski definition) is 3. The lowest BCUT2D eigenvalue weighted by atomic mass is 10.1. The Hall–Kier alpha value is -0.870. The average Bonchev–Trinajstić information content (AvgIpc) is 2.29. The molecule has 3 nitrogen and oxygen atoms in total. The maximum atomic E-state index is 12.2. The Morgan fingerprint density at radius 3 is 2.35 bits per heavy atom. The van der Waals surface area contributed by atoms with Gasteiger partial charge in [0.25, 0.3) is 0 Å². The fourth-order valence-corrected chi connectivity index (χ4v) is 3.43. The molecule has 1 aromatic rings. The van der Waals surface area contributed by atoms with E-state index in [4.69, 9.17) is 0 Å². The number of hydrogen-bond donors (Lipinski definition) is 1. The van der Waals surface area contributed by atoms with Crippen molar-refractivity contribution in [2.75, 3.05) is 12.8 Å². The summed E-state index contributed by atoms with van der Waals surface area (Å²) in [6, 6.07) is 5.33. The quantitative estimate of drug-likeness (QED) is 0.876. The maximum Gasteiger partial charge on any atom is 0.179 e. The molecule has 0 spiro atoms. The first-order valence-corrected chi connectivity index (χ1v) is 7.53. The molecule has 0 aliphatic rings. The van der Waals surface area contributed by atoms with Crippen molar-refractivity contribution in [3.8, 4) is 0 Å². The zero-order chi connectivity index (χ0) is 13.1. The second-order valence-electron chi connectivity index (χ2n) is 4.42. The molecule has 0 bridgehead atoms. The fraction of sp³-hybridized carbons (Fsp3) is 0.538. The molecule has 1 unspecified atom stereocenters. The summed E-state index contributed by atoms with van der Waals surface area (Å²) in [5.74, 6) is 0.155. The molecule has 0 saturated heterocycles. The van der Waals surface area contributed by atoms with Crippen molar-refractivity contribution >= 4 is 9.84 Å². The van der Waals surface area contributed by atoms with Crippen LogP contribution in [0.15, 0.2) is 23.1 Å². The highest BCUT2D eigenvalue weighted by molar-refractivity contribution is 7.91. The number of benzene rings is 1. The highest BCUT2D eigenvalue weighted by Crippen LogP contribution is 2.17. The van der Waals surface area contributed by atoms with E-state index in [9.17, 15) is 8.42 Å². The predicted octanol–water partition coefficient (Wildman–Crippen LogP) is 2.08. The highest BCUT2D eigenvalue weighted by atomic mass is 32.2. The van der Waals surface area contributed by atoms with Crippen LogP contribution >= 0.6 is 0 Å². The second-order valence-corrected chi connectivity index (χ2v) is 6.46. The molecule has 1 aromatic carbocycles. The van der Waals surface area contributed by atoms with Gasteiger partial charge in [-0.25, -0.2) is 8.42 Å². The van der Waals surface area contributed by atoms with Crippen LogP contribution in [0.1, 0.15) is 24.5 Å². The van der Waals surface area contributed by atoms with Crippen molar-refractivity contribution in [1.29, 1.82) is 0 Å². The Kier molecular flexibility index (Phi) is 4.71. The van der Waals surface area contributed by atoms with Crippen LogP contribution in [-0.4, -0.2) is 27.3 Å².